The number of fused-ring (bicyclic) bond motifs is 9. The van der Waals surface area contributed by atoms with Gasteiger partial charge in [-0.15, -0.1) is 0 Å². The number of furan rings is 2. The second kappa shape index (κ2) is 9.72. The fourth-order valence-electron chi connectivity index (χ4n) is 7.40. The highest BCUT2D eigenvalue weighted by Gasteiger charge is 2.25. The highest BCUT2D eigenvalue weighted by molar-refractivity contribution is 6.17. The van der Waals surface area contributed by atoms with Gasteiger partial charge < -0.3 is 13.7 Å². The minimum Gasteiger partial charge on any atom is -0.456 e. The summed E-state index contributed by atoms with van der Waals surface area (Å²) in [5, 5.41) is 4.45. The first-order chi connectivity index (χ1) is 22.8. The largest absolute Gasteiger partial charge is 0.456 e. The van der Waals surface area contributed by atoms with E-state index in [4.69, 9.17) is 8.83 Å². The third kappa shape index (κ3) is 3.72. The molecule has 1 aliphatic rings. The van der Waals surface area contributed by atoms with Crippen LogP contribution in [0.2, 0.25) is 0 Å². The molecule has 3 heteroatoms. The highest BCUT2D eigenvalue weighted by atomic mass is 16.3. The van der Waals surface area contributed by atoms with Crippen LogP contribution in [0.5, 0.6) is 0 Å². The standard InChI is InChI=1S/C43H27NO2/c1-2-10-27(11-3-1)34-22-23-38(43-42(34)37-15-7-9-17-40(37)46-43)44(30-18-20-33-29(25-30)24-28-12-4-5-13-32(28)33)31-19-21-36-35-14-6-8-16-39(35)45-41(36)26-31/h1-23,25-26H,24H2. The first-order valence-electron chi connectivity index (χ1n) is 15.7. The van der Waals surface area contributed by atoms with Crippen molar-refractivity contribution in [1.29, 1.82) is 0 Å². The van der Waals surface area contributed by atoms with Gasteiger partial charge in [0.05, 0.1) is 11.4 Å². The molecule has 216 valence electrons. The van der Waals surface area contributed by atoms with Crippen LogP contribution in [0.3, 0.4) is 0 Å². The maximum absolute atomic E-state index is 6.78. The van der Waals surface area contributed by atoms with Crippen LogP contribution < -0.4 is 4.90 Å². The zero-order chi connectivity index (χ0) is 30.2. The van der Waals surface area contributed by atoms with Gasteiger partial charge in [0, 0.05) is 33.3 Å². The first kappa shape index (κ1) is 25.3. The van der Waals surface area contributed by atoms with Gasteiger partial charge in [-0.1, -0.05) is 103 Å². The predicted molar refractivity (Wildman–Crippen MR) is 189 cm³/mol. The average molecular weight is 590 g/mol. The molecule has 0 radical (unpaired) electrons. The molecule has 10 rings (SSSR count). The van der Waals surface area contributed by atoms with E-state index in [2.05, 4.69) is 138 Å². The van der Waals surface area contributed by atoms with E-state index in [1.807, 2.05) is 18.2 Å². The van der Waals surface area contributed by atoms with Crippen molar-refractivity contribution in [3.8, 4) is 22.3 Å². The van der Waals surface area contributed by atoms with Crippen molar-refractivity contribution in [1.82, 2.24) is 0 Å². The lowest BCUT2D eigenvalue weighted by molar-refractivity contribution is 0.667. The van der Waals surface area contributed by atoms with Gasteiger partial charge in [-0.25, -0.2) is 0 Å². The van der Waals surface area contributed by atoms with E-state index >= 15 is 0 Å². The molecule has 7 aromatic carbocycles. The van der Waals surface area contributed by atoms with Crippen molar-refractivity contribution in [2.24, 2.45) is 0 Å². The quantitative estimate of drug-likeness (QED) is 0.204. The smallest absolute Gasteiger partial charge is 0.160 e. The van der Waals surface area contributed by atoms with Crippen LogP contribution in [0.4, 0.5) is 17.1 Å². The Morgan fingerprint density at radius 2 is 1.09 bits per heavy atom. The molecule has 2 heterocycles. The number of rotatable bonds is 4. The predicted octanol–water partition coefficient (Wildman–Crippen LogP) is 12.2. The van der Waals surface area contributed by atoms with Crippen molar-refractivity contribution in [2.75, 3.05) is 4.90 Å². The summed E-state index contributed by atoms with van der Waals surface area (Å²) in [7, 11) is 0. The minimum atomic E-state index is 0.857. The van der Waals surface area contributed by atoms with Gasteiger partial charge in [0.25, 0.3) is 0 Å². The third-order valence-corrected chi connectivity index (χ3v) is 9.49. The normalized spacial score (nSPS) is 12.3. The summed E-state index contributed by atoms with van der Waals surface area (Å²) >= 11 is 0. The average Bonchev–Trinajstić information content (AvgIpc) is 3.80. The third-order valence-electron chi connectivity index (χ3n) is 9.49. The lowest BCUT2D eigenvalue weighted by atomic mass is 9.98. The molecule has 0 amide bonds. The Morgan fingerprint density at radius 3 is 1.98 bits per heavy atom. The Morgan fingerprint density at radius 1 is 0.435 bits per heavy atom. The second-order valence-corrected chi connectivity index (χ2v) is 12.1. The van der Waals surface area contributed by atoms with E-state index in [9.17, 15) is 0 Å². The molecule has 2 aromatic heterocycles. The summed E-state index contributed by atoms with van der Waals surface area (Å²) in [6.07, 6.45) is 0.919. The maximum atomic E-state index is 6.78. The zero-order valence-corrected chi connectivity index (χ0v) is 24.9. The van der Waals surface area contributed by atoms with Crippen molar-refractivity contribution in [2.45, 2.75) is 6.42 Å². The summed E-state index contributed by atoms with van der Waals surface area (Å²) in [5.74, 6) is 0. The summed E-state index contributed by atoms with van der Waals surface area (Å²) in [6.45, 7) is 0. The summed E-state index contributed by atoms with van der Waals surface area (Å²) in [5.41, 5.74) is 14.2. The van der Waals surface area contributed by atoms with E-state index < -0.39 is 0 Å². The van der Waals surface area contributed by atoms with E-state index in [1.54, 1.807) is 0 Å². The SMILES string of the molecule is c1ccc(-c2ccc(N(c3ccc4c(c3)Cc3ccccc3-4)c3ccc4c(c3)oc3ccccc34)c3oc4ccccc4c23)cc1. The number of hydrogen-bond donors (Lipinski definition) is 0. The lowest BCUT2D eigenvalue weighted by Gasteiger charge is -2.26. The summed E-state index contributed by atoms with van der Waals surface area (Å²) in [6, 6.07) is 53.7. The monoisotopic (exact) mass is 589 g/mol. The minimum absolute atomic E-state index is 0.857. The Labute approximate surface area is 265 Å². The van der Waals surface area contributed by atoms with E-state index in [-0.39, 0.29) is 0 Å². The number of para-hydroxylation sites is 2. The number of anilines is 3. The van der Waals surface area contributed by atoms with Crippen LogP contribution in [-0.4, -0.2) is 0 Å². The van der Waals surface area contributed by atoms with Gasteiger partial charge in [-0.2, -0.15) is 0 Å². The van der Waals surface area contributed by atoms with E-state index in [0.717, 1.165) is 78.5 Å². The molecule has 0 atom stereocenters. The fourth-order valence-corrected chi connectivity index (χ4v) is 7.40. The Kier molecular flexibility index (Phi) is 5.34. The van der Waals surface area contributed by atoms with Crippen LogP contribution >= 0.6 is 0 Å². The molecule has 0 spiro atoms. The lowest BCUT2D eigenvalue weighted by Crippen LogP contribution is -2.10. The van der Waals surface area contributed by atoms with E-state index in [1.165, 1.54) is 22.3 Å². The van der Waals surface area contributed by atoms with Crippen LogP contribution in [0, 0.1) is 0 Å². The molecule has 1 aliphatic carbocycles. The van der Waals surface area contributed by atoms with Crippen LogP contribution in [0.15, 0.2) is 160 Å². The number of hydrogen-bond acceptors (Lipinski definition) is 3. The molecule has 3 nitrogen and oxygen atoms in total. The second-order valence-electron chi connectivity index (χ2n) is 12.1. The molecule has 0 N–H and O–H groups in total. The maximum Gasteiger partial charge on any atom is 0.160 e. The van der Waals surface area contributed by atoms with Crippen LogP contribution in [0.25, 0.3) is 66.1 Å². The Bertz CT molecular complexity index is 2620. The first-order valence-corrected chi connectivity index (χ1v) is 15.7. The number of benzene rings is 7. The molecule has 0 unspecified atom stereocenters. The van der Waals surface area contributed by atoms with Crippen LogP contribution in [-0.2, 0) is 6.42 Å². The van der Waals surface area contributed by atoms with Crippen molar-refractivity contribution < 1.29 is 8.83 Å². The molecule has 9 aromatic rings. The van der Waals surface area contributed by atoms with Gasteiger partial charge in [0.15, 0.2) is 5.58 Å². The molecular weight excluding hydrogens is 562 g/mol. The van der Waals surface area contributed by atoms with Gasteiger partial charge in [-0.3, -0.25) is 0 Å². The van der Waals surface area contributed by atoms with Crippen molar-refractivity contribution >= 4 is 60.9 Å². The van der Waals surface area contributed by atoms with Crippen LogP contribution in [0.1, 0.15) is 11.1 Å². The molecule has 0 saturated heterocycles. The van der Waals surface area contributed by atoms with Crippen molar-refractivity contribution in [3.63, 3.8) is 0 Å². The van der Waals surface area contributed by atoms with Crippen molar-refractivity contribution in [3.05, 3.63) is 163 Å². The van der Waals surface area contributed by atoms with E-state index in [0.29, 0.717) is 0 Å². The Hall–Kier alpha value is -6.06. The molecule has 0 aliphatic heterocycles. The Balaban J connectivity index is 1.25. The molecular formula is C43H27NO2. The fraction of sp³-hybridized carbons (Fsp3) is 0.0233. The summed E-state index contributed by atoms with van der Waals surface area (Å²) < 4.78 is 13.2. The summed E-state index contributed by atoms with van der Waals surface area (Å²) in [4.78, 5) is 2.33. The molecule has 46 heavy (non-hydrogen) atoms. The molecule has 0 bridgehead atoms. The highest BCUT2D eigenvalue weighted by Crippen LogP contribution is 2.48. The number of nitrogens with zero attached hydrogens (tertiary/aromatic N) is 1. The van der Waals surface area contributed by atoms with Gasteiger partial charge >= 0.3 is 0 Å². The molecule has 0 fully saturated rings. The van der Waals surface area contributed by atoms with Gasteiger partial charge in [-0.05, 0) is 82.3 Å². The van der Waals surface area contributed by atoms with Gasteiger partial charge in [0.2, 0.25) is 0 Å². The van der Waals surface area contributed by atoms with Gasteiger partial charge in [0.1, 0.15) is 16.7 Å². The topological polar surface area (TPSA) is 29.5 Å². The zero-order valence-electron chi connectivity index (χ0n) is 24.9. The molecule has 0 saturated carbocycles.